The molecule has 3 aromatic carbocycles. The van der Waals surface area contributed by atoms with Gasteiger partial charge in [0, 0.05) is 27.2 Å². The first-order chi connectivity index (χ1) is 12.9. The summed E-state index contributed by atoms with van der Waals surface area (Å²) in [6.07, 6.45) is 0.357. The van der Waals surface area contributed by atoms with Crippen molar-refractivity contribution in [2.45, 2.75) is 26.3 Å². The van der Waals surface area contributed by atoms with Crippen LogP contribution in [0.5, 0.6) is 0 Å². The molecule has 3 aromatic rings. The van der Waals surface area contributed by atoms with E-state index in [-0.39, 0.29) is 11.8 Å². The first-order valence-corrected chi connectivity index (χ1v) is 9.97. The number of Topliss-reactive ketones (excluding diaryl/α,β-unsaturated/α-hetero) is 1. The topological polar surface area (TPSA) is 29.1 Å². The van der Waals surface area contributed by atoms with Crippen LogP contribution in [-0.4, -0.2) is 5.78 Å². The number of ketones is 1. The van der Waals surface area contributed by atoms with Crippen molar-refractivity contribution in [2.24, 2.45) is 0 Å². The number of aryl methyl sites for hydroxylation is 2. The van der Waals surface area contributed by atoms with Gasteiger partial charge in [-0.1, -0.05) is 57.9 Å². The molecule has 0 heterocycles. The zero-order chi connectivity index (χ0) is 19.4. The number of benzene rings is 3. The van der Waals surface area contributed by atoms with Crippen LogP contribution in [0, 0.1) is 13.8 Å². The second-order valence-corrected chi connectivity index (χ2v) is 8.03. The van der Waals surface area contributed by atoms with Gasteiger partial charge < -0.3 is 5.32 Å². The second-order valence-electron chi connectivity index (χ2n) is 6.68. The van der Waals surface area contributed by atoms with Crippen LogP contribution < -0.4 is 5.32 Å². The fourth-order valence-corrected chi connectivity index (χ4v) is 3.31. The predicted octanol–water partition coefficient (Wildman–Crippen LogP) is 7.15. The van der Waals surface area contributed by atoms with E-state index in [0.717, 1.165) is 15.7 Å². The molecule has 0 spiro atoms. The van der Waals surface area contributed by atoms with E-state index in [0.29, 0.717) is 17.0 Å². The van der Waals surface area contributed by atoms with Crippen molar-refractivity contribution < 1.29 is 4.79 Å². The first-order valence-electron chi connectivity index (χ1n) is 8.80. The standard InChI is InChI=1S/C23H21BrClNO/c1-15-3-12-21(13-16(15)2)26-22(17-6-10-20(25)11-7-17)14-23(27)18-4-8-19(24)9-5-18/h3-13,22,26H,14H2,1-2H3. The minimum absolute atomic E-state index is 0.0961. The highest BCUT2D eigenvalue weighted by atomic mass is 79.9. The number of anilines is 1. The van der Waals surface area contributed by atoms with Crippen LogP contribution in [0.25, 0.3) is 0 Å². The Bertz CT molecular complexity index is 936. The summed E-state index contributed by atoms with van der Waals surface area (Å²) in [4.78, 5) is 12.8. The molecule has 1 atom stereocenters. The number of hydrogen-bond donors (Lipinski definition) is 1. The number of hydrogen-bond acceptors (Lipinski definition) is 2. The van der Waals surface area contributed by atoms with Gasteiger partial charge in [-0.2, -0.15) is 0 Å². The maximum atomic E-state index is 12.8. The molecule has 0 bridgehead atoms. The molecule has 138 valence electrons. The molecule has 3 rings (SSSR count). The fourth-order valence-electron chi connectivity index (χ4n) is 2.92. The Morgan fingerprint density at radius 3 is 2.26 bits per heavy atom. The summed E-state index contributed by atoms with van der Waals surface area (Å²) in [5.74, 6) is 0.0961. The fraction of sp³-hybridized carbons (Fsp3) is 0.174. The lowest BCUT2D eigenvalue weighted by Gasteiger charge is -2.21. The number of carbonyl (C=O) groups is 1. The third-order valence-electron chi connectivity index (χ3n) is 4.68. The van der Waals surface area contributed by atoms with Crippen LogP contribution in [0.1, 0.15) is 39.5 Å². The number of carbonyl (C=O) groups excluding carboxylic acids is 1. The lowest BCUT2D eigenvalue weighted by Crippen LogP contribution is -2.16. The number of halogens is 2. The molecule has 4 heteroatoms. The molecule has 0 saturated carbocycles. The molecule has 2 nitrogen and oxygen atoms in total. The monoisotopic (exact) mass is 441 g/mol. The van der Waals surface area contributed by atoms with Crippen molar-refractivity contribution in [1.82, 2.24) is 0 Å². The van der Waals surface area contributed by atoms with Crippen LogP contribution >= 0.6 is 27.5 Å². The van der Waals surface area contributed by atoms with Gasteiger partial charge in [0.15, 0.2) is 5.78 Å². The van der Waals surface area contributed by atoms with Gasteiger partial charge in [0.25, 0.3) is 0 Å². The van der Waals surface area contributed by atoms with Crippen LogP contribution in [0.15, 0.2) is 71.2 Å². The third kappa shape index (κ3) is 5.21. The molecule has 0 fully saturated rings. The molecule has 0 amide bonds. The molecule has 0 aromatic heterocycles. The van der Waals surface area contributed by atoms with Crippen molar-refractivity contribution in [1.29, 1.82) is 0 Å². The van der Waals surface area contributed by atoms with E-state index in [9.17, 15) is 4.79 Å². The smallest absolute Gasteiger partial charge is 0.165 e. The maximum absolute atomic E-state index is 12.8. The first kappa shape index (κ1) is 19.7. The summed E-state index contributed by atoms with van der Waals surface area (Å²) in [5, 5.41) is 4.20. The minimum Gasteiger partial charge on any atom is -0.378 e. The molecule has 27 heavy (non-hydrogen) atoms. The largest absolute Gasteiger partial charge is 0.378 e. The normalized spacial score (nSPS) is 11.9. The molecule has 0 aliphatic heterocycles. The third-order valence-corrected chi connectivity index (χ3v) is 5.46. The highest BCUT2D eigenvalue weighted by molar-refractivity contribution is 9.10. The van der Waals surface area contributed by atoms with Crippen molar-refractivity contribution in [3.63, 3.8) is 0 Å². The Kier molecular flexibility index (Phi) is 6.35. The molecule has 0 aliphatic rings. The average molecular weight is 443 g/mol. The van der Waals surface area contributed by atoms with E-state index in [2.05, 4.69) is 53.3 Å². The highest BCUT2D eigenvalue weighted by Crippen LogP contribution is 2.27. The number of nitrogens with one attached hydrogen (secondary N) is 1. The molecular weight excluding hydrogens is 422 g/mol. The van der Waals surface area contributed by atoms with Crippen LogP contribution in [0.4, 0.5) is 5.69 Å². The van der Waals surface area contributed by atoms with Gasteiger partial charge in [0.2, 0.25) is 0 Å². The van der Waals surface area contributed by atoms with Crippen LogP contribution in [-0.2, 0) is 0 Å². The Balaban J connectivity index is 1.86. The van der Waals surface area contributed by atoms with Gasteiger partial charge in [-0.15, -0.1) is 0 Å². The summed E-state index contributed by atoms with van der Waals surface area (Å²) >= 11 is 9.45. The van der Waals surface area contributed by atoms with Crippen molar-refractivity contribution in [2.75, 3.05) is 5.32 Å². The lowest BCUT2D eigenvalue weighted by molar-refractivity contribution is 0.0976. The molecule has 0 aliphatic carbocycles. The summed E-state index contributed by atoms with van der Waals surface area (Å²) in [7, 11) is 0. The Labute approximate surface area is 173 Å². The van der Waals surface area contributed by atoms with Crippen molar-refractivity contribution in [3.05, 3.63) is 98.5 Å². The van der Waals surface area contributed by atoms with Crippen molar-refractivity contribution in [3.8, 4) is 0 Å². The van der Waals surface area contributed by atoms with E-state index < -0.39 is 0 Å². The zero-order valence-corrected chi connectivity index (χ0v) is 17.6. The minimum atomic E-state index is -0.138. The van der Waals surface area contributed by atoms with Gasteiger partial charge in [0.1, 0.15) is 0 Å². The molecule has 1 N–H and O–H groups in total. The molecule has 0 radical (unpaired) electrons. The van der Waals surface area contributed by atoms with E-state index in [1.807, 2.05) is 48.5 Å². The van der Waals surface area contributed by atoms with Gasteiger partial charge in [-0.05, 0) is 66.9 Å². The summed E-state index contributed by atoms with van der Waals surface area (Å²) in [6.45, 7) is 4.18. The van der Waals surface area contributed by atoms with Gasteiger partial charge in [-0.3, -0.25) is 4.79 Å². The van der Waals surface area contributed by atoms with E-state index in [4.69, 9.17) is 11.6 Å². The highest BCUT2D eigenvalue weighted by Gasteiger charge is 2.18. The average Bonchev–Trinajstić information content (AvgIpc) is 2.65. The van der Waals surface area contributed by atoms with Gasteiger partial charge in [0.05, 0.1) is 6.04 Å². The molecule has 0 saturated heterocycles. The van der Waals surface area contributed by atoms with Gasteiger partial charge >= 0.3 is 0 Å². The lowest BCUT2D eigenvalue weighted by atomic mass is 9.97. The summed E-state index contributed by atoms with van der Waals surface area (Å²) < 4.78 is 0.960. The number of rotatable bonds is 6. The van der Waals surface area contributed by atoms with Gasteiger partial charge in [-0.25, -0.2) is 0 Å². The van der Waals surface area contributed by atoms with E-state index in [1.54, 1.807) is 0 Å². The summed E-state index contributed by atoms with van der Waals surface area (Å²) in [5.41, 5.74) is 5.20. The Hall–Kier alpha value is -2.10. The van der Waals surface area contributed by atoms with E-state index in [1.165, 1.54) is 11.1 Å². The van der Waals surface area contributed by atoms with Crippen LogP contribution in [0.2, 0.25) is 5.02 Å². The predicted molar refractivity (Wildman–Crippen MR) is 117 cm³/mol. The molecular formula is C23H21BrClNO. The molecule has 1 unspecified atom stereocenters. The Morgan fingerprint density at radius 1 is 0.963 bits per heavy atom. The van der Waals surface area contributed by atoms with E-state index >= 15 is 0 Å². The quantitative estimate of drug-likeness (QED) is 0.411. The second kappa shape index (κ2) is 8.73. The van der Waals surface area contributed by atoms with Crippen LogP contribution in [0.3, 0.4) is 0 Å². The maximum Gasteiger partial charge on any atom is 0.165 e. The zero-order valence-electron chi connectivity index (χ0n) is 15.3. The van der Waals surface area contributed by atoms with Crippen molar-refractivity contribution >= 4 is 39.0 Å². The SMILES string of the molecule is Cc1ccc(NC(CC(=O)c2ccc(Br)cc2)c2ccc(Cl)cc2)cc1C. The summed E-state index contributed by atoms with van der Waals surface area (Å²) in [6, 6.07) is 21.2. The Morgan fingerprint density at radius 2 is 1.63 bits per heavy atom.